The zero-order valence-electron chi connectivity index (χ0n) is 17.7. The maximum atomic E-state index is 5.52. The van der Waals surface area contributed by atoms with E-state index in [4.69, 9.17) is 9.72 Å². The number of anilines is 1. The molecule has 1 atom stereocenters. The first-order valence-corrected chi connectivity index (χ1v) is 10.2. The highest BCUT2D eigenvalue weighted by Crippen LogP contribution is 2.26. The van der Waals surface area contributed by atoms with Gasteiger partial charge in [0.05, 0.1) is 30.4 Å². The van der Waals surface area contributed by atoms with Crippen LogP contribution in [0.15, 0.2) is 72.8 Å². The maximum absolute atomic E-state index is 5.52. The van der Waals surface area contributed by atoms with Crippen LogP contribution in [-0.4, -0.2) is 23.2 Å². The standard InChI is InChI=1S/C25H28N4O/c1-18-13-14-24(30-3)21(15-18)26-16-22(19-9-5-4-6-10-19)27-17-25-28-20-11-7-8-12-23(20)29(25)2/h4-15,22,26-27H,16-17H2,1-3H3/t22-/m1/s1. The van der Waals surface area contributed by atoms with Gasteiger partial charge in [-0.05, 0) is 42.3 Å². The molecule has 0 aliphatic rings. The Morgan fingerprint density at radius 2 is 1.77 bits per heavy atom. The molecular weight excluding hydrogens is 372 g/mol. The Morgan fingerprint density at radius 1 is 1.00 bits per heavy atom. The predicted molar refractivity (Wildman–Crippen MR) is 123 cm³/mol. The van der Waals surface area contributed by atoms with Gasteiger partial charge in [-0.25, -0.2) is 4.98 Å². The first-order chi connectivity index (χ1) is 14.7. The molecule has 5 heteroatoms. The number of hydrogen-bond acceptors (Lipinski definition) is 4. The second-order valence-electron chi connectivity index (χ2n) is 7.50. The minimum absolute atomic E-state index is 0.122. The van der Waals surface area contributed by atoms with Crippen LogP contribution in [0.3, 0.4) is 0 Å². The largest absolute Gasteiger partial charge is 0.495 e. The van der Waals surface area contributed by atoms with Gasteiger partial charge in [-0.3, -0.25) is 0 Å². The van der Waals surface area contributed by atoms with Crippen LogP contribution < -0.4 is 15.4 Å². The fraction of sp³-hybridized carbons (Fsp3) is 0.240. The topological polar surface area (TPSA) is 51.1 Å². The van der Waals surface area contributed by atoms with E-state index in [1.54, 1.807) is 7.11 Å². The second-order valence-corrected chi connectivity index (χ2v) is 7.50. The first kappa shape index (κ1) is 20.0. The summed E-state index contributed by atoms with van der Waals surface area (Å²) in [5.74, 6) is 1.87. The van der Waals surface area contributed by atoms with E-state index in [2.05, 4.69) is 77.7 Å². The van der Waals surface area contributed by atoms with Crippen LogP contribution in [0.25, 0.3) is 11.0 Å². The summed E-state index contributed by atoms with van der Waals surface area (Å²) >= 11 is 0. The molecule has 0 aliphatic carbocycles. The van der Waals surface area contributed by atoms with E-state index in [1.807, 2.05) is 24.3 Å². The van der Waals surface area contributed by atoms with Crippen molar-refractivity contribution in [2.45, 2.75) is 19.5 Å². The highest BCUT2D eigenvalue weighted by molar-refractivity contribution is 5.75. The molecule has 2 N–H and O–H groups in total. The molecule has 0 saturated carbocycles. The minimum Gasteiger partial charge on any atom is -0.495 e. The van der Waals surface area contributed by atoms with Crippen LogP contribution in [0.5, 0.6) is 5.75 Å². The number of aryl methyl sites for hydroxylation is 2. The molecule has 0 bridgehead atoms. The highest BCUT2D eigenvalue weighted by atomic mass is 16.5. The number of hydrogen-bond donors (Lipinski definition) is 2. The molecule has 0 aliphatic heterocycles. The summed E-state index contributed by atoms with van der Waals surface area (Å²) in [6, 6.07) is 25.0. The monoisotopic (exact) mass is 400 g/mol. The third-order valence-electron chi connectivity index (χ3n) is 5.44. The third kappa shape index (κ3) is 4.31. The van der Waals surface area contributed by atoms with Gasteiger partial charge in [0.1, 0.15) is 11.6 Å². The van der Waals surface area contributed by atoms with E-state index in [-0.39, 0.29) is 6.04 Å². The Balaban J connectivity index is 1.53. The highest BCUT2D eigenvalue weighted by Gasteiger charge is 2.14. The van der Waals surface area contributed by atoms with E-state index in [9.17, 15) is 0 Å². The molecule has 1 heterocycles. The maximum Gasteiger partial charge on any atom is 0.141 e. The summed E-state index contributed by atoms with van der Waals surface area (Å²) in [6.07, 6.45) is 0. The van der Waals surface area contributed by atoms with Gasteiger partial charge >= 0.3 is 0 Å². The molecule has 0 spiro atoms. The van der Waals surface area contributed by atoms with Gasteiger partial charge in [-0.15, -0.1) is 0 Å². The lowest BCUT2D eigenvalue weighted by atomic mass is 10.1. The summed E-state index contributed by atoms with van der Waals surface area (Å²) in [7, 11) is 3.77. The lowest BCUT2D eigenvalue weighted by Gasteiger charge is -2.21. The summed E-state index contributed by atoms with van der Waals surface area (Å²) in [5.41, 5.74) is 5.60. The molecule has 0 radical (unpaired) electrons. The Kier molecular flexibility index (Phi) is 6.00. The molecule has 4 rings (SSSR count). The summed E-state index contributed by atoms with van der Waals surface area (Å²) < 4.78 is 7.67. The molecule has 0 saturated heterocycles. The van der Waals surface area contributed by atoms with E-state index >= 15 is 0 Å². The normalized spacial score (nSPS) is 12.1. The molecular formula is C25H28N4O. The smallest absolute Gasteiger partial charge is 0.141 e. The summed E-state index contributed by atoms with van der Waals surface area (Å²) in [6.45, 7) is 3.49. The number of benzene rings is 3. The van der Waals surface area contributed by atoms with Crippen LogP contribution in [0.1, 0.15) is 23.0 Å². The molecule has 154 valence electrons. The third-order valence-corrected chi connectivity index (χ3v) is 5.44. The molecule has 1 aromatic heterocycles. The number of nitrogens with zero attached hydrogens (tertiary/aromatic N) is 2. The number of nitrogens with one attached hydrogen (secondary N) is 2. The van der Waals surface area contributed by atoms with Crippen molar-refractivity contribution < 1.29 is 4.74 Å². The van der Waals surface area contributed by atoms with Crippen LogP contribution in [0.4, 0.5) is 5.69 Å². The van der Waals surface area contributed by atoms with Crippen molar-refractivity contribution in [3.05, 3.63) is 89.7 Å². The van der Waals surface area contributed by atoms with Gasteiger partial charge in [-0.2, -0.15) is 0 Å². The van der Waals surface area contributed by atoms with Gasteiger partial charge in [0.25, 0.3) is 0 Å². The van der Waals surface area contributed by atoms with Gasteiger partial charge in [0, 0.05) is 19.6 Å². The number of aromatic nitrogens is 2. The average Bonchev–Trinajstić information content (AvgIpc) is 3.10. The number of fused-ring (bicyclic) bond motifs is 1. The summed E-state index contributed by atoms with van der Waals surface area (Å²) in [4.78, 5) is 4.80. The Bertz CT molecular complexity index is 1120. The van der Waals surface area contributed by atoms with Gasteiger partial charge in [0.15, 0.2) is 0 Å². The number of para-hydroxylation sites is 2. The SMILES string of the molecule is COc1ccc(C)cc1NC[C@@H](NCc1nc2ccccc2n1C)c1ccccc1. The zero-order valence-corrected chi connectivity index (χ0v) is 17.7. The van der Waals surface area contributed by atoms with Crippen molar-refractivity contribution in [2.24, 2.45) is 7.05 Å². The Hall–Kier alpha value is -3.31. The van der Waals surface area contributed by atoms with Crippen LogP contribution in [0.2, 0.25) is 0 Å². The van der Waals surface area contributed by atoms with Gasteiger partial charge in [0.2, 0.25) is 0 Å². The molecule has 0 amide bonds. The van der Waals surface area contributed by atoms with Crippen LogP contribution in [0, 0.1) is 6.92 Å². The lowest BCUT2D eigenvalue weighted by Crippen LogP contribution is -2.28. The van der Waals surface area contributed by atoms with Crippen LogP contribution >= 0.6 is 0 Å². The molecule has 0 unspecified atom stereocenters. The zero-order chi connectivity index (χ0) is 20.9. The molecule has 5 nitrogen and oxygen atoms in total. The Morgan fingerprint density at radius 3 is 2.53 bits per heavy atom. The number of methoxy groups -OCH3 is 1. The van der Waals surface area contributed by atoms with Crippen molar-refractivity contribution >= 4 is 16.7 Å². The number of imidazole rings is 1. The number of rotatable bonds is 8. The lowest BCUT2D eigenvalue weighted by molar-refractivity contribution is 0.416. The Labute approximate surface area is 177 Å². The quantitative estimate of drug-likeness (QED) is 0.445. The van der Waals surface area contributed by atoms with E-state index in [0.717, 1.165) is 34.8 Å². The van der Waals surface area contributed by atoms with Crippen molar-refractivity contribution in [3.63, 3.8) is 0 Å². The van der Waals surface area contributed by atoms with Crippen molar-refractivity contribution in [2.75, 3.05) is 19.0 Å². The first-order valence-electron chi connectivity index (χ1n) is 10.2. The molecule has 3 aromatic carbocycles. The van der Waals surface area contributed by atoms with E-state index in [1.165, 1.54) is 11.1 Å². The molecule has 30 heavy (non-hydrogen) atoms. The van der Waals surface area contributed by atoms with E-state index < -0.39 is 0 Å². The molecule has 0 fully saturated rings. The van der Waals surface area contributed by atoms with Gasteiger partial charge < -0.3 is 19.9 Å². The van der Waals surface area contributed by atoms with Crippen LogP contribution in [-0.2, 0) is 13.6 Å². The molecule has 4 aromatic rings. The second kappa shape index (κ2) is 9.01. The van der Waals surface area contributed by atoms with Crippen molar-refractivity contribution in [1.29, 1.82) is 0 Å². The van der Waals surface area contributed by atoms with E-state index in [0.29, 0.717) is 6.54 Å². The fourth-order valence-electron chi connectivity index (χ4n) is 3.73. The fourth-order valence-corrected chi connectivity index (χ4v) is 3.73. The van der Waals surface area contributed by atoms with Crippen molar-refractivity contribution in [1.82, 2.24) is 14.9 Å². The summed E-state index contributed by atoms with van der Waals surface area (Å²) in [5, 5.41) is 7.26. The van der Waals surface area contributed by atoms with Gasteiger partial charge in [-0.1, -0.05) is 48.5 Å². The minimum atomic E-state index is 0.122. The predicted octanol–water partition coefficient (Wildman–Crippen LogP) is 4.83. The average molecular weight is 401 g/mol. The van der Waals surface area contributed by atoms with Crippen molar-refractivity contribution in [3.8, 4) is 5.75 Å². The number of ether oxygens (including phenoxy) is 1.